The molecule has 3 rings (SSSR count). The Bertz CT molecular complexity index is 1350. The summed E-state index contributed by atoms with van der Waals surface area (Å²) in [6.07, 6.45) is 1.28. The van der Waals surface area contributed by atoms with Crippen LogP contribution in [0.25, 0.3) is 10.8 Å². The number of aliphatic carboxylic acids is 1. The van der Waals surface area contributed by atoms with Crippen LogP contribution in [0.5, 0.6) is 0 Å². The van der Waals surface area contributed by atoms with Gasteiger partial charge in [0.2, 0.25) is 11.8 Å². The number of carbonyl (C=O) groups excluding carboxylic acids is 4. The molecule has 0 aliphatic carbocycles. The highest BCUT2D eigenvalue weighted by atomic mass is 16.4. The van der Waals surface area contributed by atoms with Crippen molar-refractivity contribution >= 4 is 40.7 Å². The van der Waals surface area contributed by atoms with Gasteiger partial charge in [0.1, 0.15) is 18.0 Å². The minimum Gasteiger partial charge on any atom is -0.481 e. The van der Waals surface area contributed by atoms with E-state index in [-0.39, 0.29) is 12.2 Å². The standard InChI is InChI=1S/C29H32N4O6/c1-29(2,3)26(32-27(38)25-22-12-8-7-11-20(22)13-14-30-25)28(39)33(16-19-9-5-4-6-10-19)17-23(35)31-21(18-34)15-24(36)37/h4-14,18,21,26H,15-17H2,1-3H3,(H,31,35)(H,32,38)(H,36,37)/t21?,26-/m1/s1. The van der Waals surface area contributed by atoms with Crippen molar-refractivity contribution in [1.29, 1.82) is 0 Å². The van der Waals surface area contributed by atoms with E-state index in [1.807, 2.05) is 18.2 Å². The number of nitrogens with one attached hydrogen (secondary N) is 2. The van der Waals surface area contributed by atoms with Crippen LogP contribution in [0.3, 0.4) is 0 Å². The minimum atomic E-state index is -1.25. The molecule has 10 nitrogen and oxygen atoms in total. The van der Waals surface area contributed by atoms with Crippen molar-refractivity contribution in [2.24, 2.45) is 5.41 Å². The normalized spacial score (nSPS) is 12.7. The highest BCUT2D eigenvalue weighted by molar-refractivity contribution is 6.06. The summed E-state index contributed by atoms with van der Waals surface area (Å²) in [4.78, 5) is 67.9. The molecule has 0 aliphatic rings. The number of hydrogen-bond acceptors (Lipinski definition) is 6. The van der Waals surface area contributed by atoms with Gasteiger partial charge >= 0.3 is 5.97 Å². The van der Waals surface area contributed by atoms with Gasteiger partial charge in [-0.15, -0.1) is 0 Å². The number of hydrogen-bond donors (Lipinski definition) is 3. The zero-order chi connectivity index (χ0) is 28.6. The van der Waals surface area contributed by atoms with Crippen molar-refractivity contribution in [2.75, 3.05) is 6.54 Å². The molecule has 1 aromatic heterocycles. The fourth-order valence-corrected chi connectivity index (χ4v) is 4.09. The number of carbonyl (C=O) groups is 5. The Labute approximate surface area is 226 Å². The molecule has 0 radical (unpaired) electrons. The highest BCUT2D eigenvalue weighted by Crippen LogP contribution is 2.24. The Kier molecular flexibility index (Phi) is 9.48. The lowest BCUT2D eigenvalue weighted by Gasteiger charge is -2.35. The molecule has 0 aliphatic heterocycles. The van der Waals surface area contributed by atoms with Gasteiger partial charge < -0.3 is 25.4 Å². The molecule has 0 saturated carbocycles. The van der Waals surface area contributed by atoms with Gasteiger partial charge in [-0.25, -0.2) is 0 Å². The van der Waals surface area contributed by atoms with Crippen molar-refractivity contribution in [3.05, 3.63) is 78.1 Å². The summed E-state index contributed by atoms with van der Waals surface area (Å²) in [5, 5.41) is 15.6. The zero-order valence-corrected chi connectivity index (χ0v) is 22.1. The smallest absolute Gasteiger partial charge is 0.305 e. The second-order valence-electron chi connectivity index (χ2n) is 10.2. The molecule has 3 amide bonds. The molecule has 3 aromatic rings. The maximum Gasteiger partial charge on any atom is 0.305 e. The number of benzene rings is 2. The first-order valence-electron chi connectivity index (χ1n) is 12.4. The van der Waals surface area contributed by atoms with Crippen LogP contribution >= 0.6 is 0 Å². The predicted molar refractivity (Wildman–Crippen MR) is 145 cm³/mol. The number of carboxylic acids is 1. The molecule has 0 saturated heterocycles. The molecule has 0 fully saturated rings. The van der Waals surface area contributed by atoms with Crippen LogP contribution in [0.1, 0.15) is 43.2 Å². The summed E-state index contributed by atoms with van der Waals surface area (Å²) >= 11 is 0. The van der Waals surface area contributed by atoms with Gasteiger partial charge in [0, 0.05) is 18.1 Å². The molecule has 0 spiro atoms. The van der Waals surface area contributed by atoms with Crippen LogP contribution in [0.2, 0.25) is 0 Å². The number of fused-ring (bicyclic) bond motifs is 1. The molecule has 2 aromatic carbocycles. The SMILES string of the molecule is CC(C)(C)[C@H](NC(=O)c1nccc2ccccc12)C(=O)N(CC(=O)NC(C=O)CC(=O)O)Cc1ccccc1. The second kappa shape index (κ2) is 12.8. The third kappa shape index (κ3) is 7.94. The molecule has 39 heavy (non-hydrogen) atoms. The molecule has 10 heteroatoms. The lowest BCUT2D eigenvalue weighted by Crippen LogP contribution is -2.56. The number of amides is 3. The second-order valence-corrected chi connectivity index (χ2v) is 10.2. The van der Waals surface area contributed by atoms with Gasteiger partial charge in [-0.3, -0.25) is 24.2 Å². The number of pyridine rings is 1. The average Bonchev–Trinajstić information content (AvgIpc) is 2.89. The maximum absolute atomic E-state index is 13.9. The van der Waals surface area contributed by atoms with E-state index in [0.717, 1.165) is 10.9 Å². The summed E-state index contributed by atoms with van der Waals surface area (Å²) < 4.78 is 0. The van der Waals surface area contributed by atoms with Crippen LogP contribution in [0.15, 0.2) is 66.9 Å². The first-order valence-corrected chi connectivity index (χ1v) is 12.4. The molecule has 204 valence electrons. The van der Waals surface area contributed by atoms with Crippen molar-refractivity contribution in [3.8, 4) is 0 Å². The number of carboxylic acid groups (broad SMARTS) is 1. The summed E-state index contributed by atoms with van der Waals surface area (Å²) in [6, 6.07) is 15.8. The monoisotopic (exact) mass is 532 g/mol. The van der Waals surface area contributed by atoms with Gasteiger partial charge in [0.05, 0.1) is 19.0 Å². The Morgan fingerprint density at radius 1 is 0.974 bits per heavy atom. The van der Waals surface area contributed by atoms with Gasteiger partial charge in [-0.05, 0) is 22.4 Å². The van der Waals surface area contributed by atoms with Gasteiger partial charge in [0.15, 0.2) is 0 Å². The van der Waals surface area contributed by atoms with Crippen LogP contribution in [0.4, 0.5) is 0 Å². The van der Waals surface area contributed by atoms with Crippen molar-refractivity contribution in [2.45, 2.75) is 45.8 Å². The molecule has 2 atom stereocenters. The van der Waals surface area contributed by atoms with E-state index in [9.17, 15) is 24.0 Å². The van der Waals surface area contributed by atoms with Gasteiger partial charge in [-0.2, -0.15) is 0 Å². The van der Waals surface area contributed by atoms with Crippen LogP contribution < -0.4 is 10.6 Å². The third-order valence-electron chi connectivity index (χ3n) is 6.04. The third-order valence-corrected chi connectivity index (χ3v) is 6.04. The molecular weight excluding hydrogens is 500 g/mol. The highest BCUT2D eigenvalue weighted by Gasteiger charge is 2.37. The van der Waals surface area contributed by atoms with Crippen LogP contribution in [0, 0.1) is 5.41 Å². The molecule has 0 bridgehead atoms. The van der Waals surface area contributed by atoms with Crippen molar-refractivity contribution < 1.29 is 29.1 Å². The predicted octanol–water partition coefficient (Wildman–Crippen LogP) is 2.57. The lowest BCUT2D eigenvalue weighted by molar-refractivity contribution is -0.142. The molecular formula is C29H32N4O6. The maximum atomic E-state index is 13.9. The van der Waals surface area contributed by atoms with E-state index in [1.165, 1.54) is 11.1 Å². The van der Waals surface area contributed by atoms with Crippen molar-refractivity contribution in [3.63, 3.8) is 0 Å². The first-order chi connectivity index (χ1) is 18.5. The Morgan fingerprint density at radius 2 is 1.64 bits per heavy atom. The fourth-order valence-electron chi connectivity index (χ4n) is 4.09. The molecule has 3 N–H and O–H groups in total. The quantitative estimate of drug-likeness (QED) is 0.322. The summed E-state index contributed by atoms with van der Waals surface area (Å²) in [6.45, 7) is 4.98. The number of aldehydes is 1. The van der Waals surface area contributed by atoms with Gasteiger partial charge in [0.25, 0.3) is 5.91 Å². The van der Waals surface area contributed by atoms with E-state index >= 15 is 0 Å². The van der Waals surface area contributed by atoms with E-state index in [4.69, 9.17) is 5.11 Å². The van der Waals surface area contributed by atoms with Crippen LogP contribution in [-0.2, 0) is 25.7 Å². The average molecular weight is 533 g/mol. The number of nitrogens with zero attached hydrogens (tertiary/aromatic N) is 2. The Morgan fingerprint density at radius 3 is 2.28 bits per heavy atom. The molecule has 1 unspecified atom stereocenters. The number of aromatic nitrogens is 1. The lowest BCUT2D eigenvalue weighted by atomic mass is 9.85. The largest absolute Gasteiger partial charge is 0.481 e. The van der Waals surface area contributed by atoms with E-state index in [2.05, 4.69) is 15.6 Å². The fraction of sp³-hybridized carbons (Fsp3) is 0.310. The van der Waals surface area contributed by atoms with E-state index in [1.54, 1.807) is 63.2 Å². The van der Waals surface area contributed by atoms with Gasteiger partial charge in [-0.1, -0.05) is 75.4 Å². The van der Waals surface area contributed by atoms with Crippen LogP contribution in [-0.4, -0.2) is 63.6 Å². The topological polar surface area (TPSA) is 146 Å². The number of rotatable bonds is 11. The summed E-state index contributed by atoms with van der Waals surface area (Å²) in [7, 11) is 0. The summed E-state index contributed by atoms with van der Waals surface area (Å²) in [5.41, 5.74) is 0.160. The minimum absolute atomic E-state index is 0.0484. The summed E-state index contributed by atoms with van der Waals surface area (Å²) in [5.74, 6) is -3.00. The Hall–Kier alpha value is -4.60. The van der Waals surface area contributed by atoms with E-state index < -0.39 is 54.2 Å². The first kappa shape index (κ1) is 29.0. The van der Waals surface area contributed by atoms with Crippen molar-refractivity contribution in [1.82, 2.24) is 20.5 Å². The van der Waals surface area contributed by atoms with E-state index in [0.29, 0.717) is 11.7 Å². The zero-order valence-electron chi connectivity index (χ0n) is 22.1. The molecule has 1 heterocycles. The Balaban J connectivity index is 1.89.